The first-order chi connectivity index (χ1) is 11.8. The summed E-state index contributed by atoms with van der Waals surface area (Å²) in [7, 11) is -2.17. The molecule has 0 spiro atoms. The Morgan fingerprint density at radius 3 is 1.58 bits per heavy atom. The van der Waals surface area contributed by atoms with Crippen LogP contribution in [-0.2, 0) is 0 Å². The van der Waals surface area contributed by atoms with Gasteiger partial charge in [-0.05, 0) is 24.3 Å². The molecule has 0 radical (unpaired) electrons. The highest BCUT2D eigenvalue weighted by Gasteiger charge is 2.14. The summed E-state index contributed by atoms with van der Waals surface area (Å²) in [4.78, 5) is 18.7. The molecule has 24 heavy (non-hydrogen) atoms. The summed E-state index contributed by atoms with van der Waals surface area (Å²) in [6.07, 6.45) is 0. The predicted octanol–water partition coefficient (Wildman–Crippen LogP) is 4.46. The van der Waals surface area contributed by atoms with Crippen LogP contribution in [0.5, 0.6) is 11.8 Å². The van der Waals surface area contributed by atoms with Crippen LogP contribution >= 0.6 is 8.60 Å². The molecule has 2 heterocycles. The minimum atomic E-state index is -2.17. The average Bonchev–Trinajstić information content (AvgIpc) is 2.61. The van der Waals surface area contributed by atoms with Gasteiger partial charge in [0.2, 0.25) is 11.8 Å². The van der Waals surface area contributed by atoms with E-state index in [1.165, 1.54) is 0 Å². The van der Waals surface area contributed by atoms with Crippen molar-refractivity contribution >= 4 is 30.4 Å². The van der Waals surface area contributed by atoms with Gasteiger partial charge in [-0.25, -0.2) is 9.97 Å². The fourth-order valence-electron chi connectivity index (χ4n) is 2.38. The van der Waals surface area contributed by atoms with Crippen LogP contribution in [0.15, 0.2) is 72.8 Å². The van der Waals surface area contributed by atoms with Crippen molar-refractivity contribution in [3.63, 3.8) is 0 Å². The summed E-state index contributed by atoms with van der Waals surface area (Å²) in [6, 6.07) is 22.5. The van der Waals surface area contributed by atoms with Crippen molar-refractivity contribution in [3.8, 4) is 11.8 Å². The van der Waals surface area contributed by atoms with E-state index in [1.807, 2.05) is 60.7 Å². The third-order valence-electron chi connectivity index (χ3n) is 3.49. The Balaban J connectivity index is 1.51. The zero-order valence-electron chi connectivity index (χ0n) is 12.5. The summed E-state index contributed by atoms with van der Waals surface area (Å²) in [5.41, 5.74) is 1.59. The highest BCUT2D eigenvalue weighted by molar-refractivity contribution is 7.41. The first-order valence-corrected chi connectivity index (χ1v) is 8.47. The number of hydrogen-bond donors (Lipinski definition) is 1. The molecule has 4 rings (SSSR count). The number of pyridine rings is 2. The second-order valence-electron chi connectivity index (χ2n) is 5.10. The molecule has 0 atom stereocenters. The minimum Gasteiger partial charge on any atom is -0.399 e. The molecule has 6 heteroatoms. The number of para-hydroxylation sites is 2. The molecule has 0 aliphatic heterocycles. The van der Waals surface area contributed by atoms with Crippen molar-refractivity contribution in [1.82, 2.24) is 9.97 Å². The first-order valence-electron chi connectivity index (χ1n) is 7.34. The topological polar surface area (TPSA) is 64.5 Å². The van der Waals surface area contributed by atoms with Gasteiger partial charge in [-0.2, -0.15) is 0 Å². The molecule has 118 valence electrons. The lowest BCUT2D eigenvalue weighted by Crippen LogP contribution is -1.97. The van der Waals surface area contributed by atoms with E-state index in [0.717, 1.165) is 21.8 Å². The summed E-state index contributed by atoms with van der Waals surface area (Å²) in [5, 5.41) is 2.01. The molecule has 0 aliphatic rings. The highest BCUT2D eigenvalue weighted by Crippen LogP contribution is 2.35. The van der Waals surface area contributed by atoms with Crippen LogP contribution in [0, 0.1) is 0 Å². The van der Waals surface area contributed by atoms with Crippen LogP contribution in [0.4, 0.5) is 0 Å². The van der Waals surface area contributed by atoms with Gasteiger partial charge in [-0.15, -0.1) is 0 Å². The van der Waals surface area contributed by atoms with Crippen LogP contribution < -0.4 is 9.05 Å². The van der Waals surface area contributed by atoms with E-state index in [1.54, 1.807) is 12.1 Å². The molecule has 5 nitrogen and oxygen atoms in total. The first kappa shape index (κ1) is 14.8. The van der Waals surface area contributed by atoms with E-state index >= 15 is 0 Å². The van der Waals surface area contributed by atoms with Gasteiger partial charge in [-0.1, -0.05) is 36.4 Å². The molecule has 0 bridgehead atoms. The van der Waals surface area contributed by atoms with Gasteiger partial charge in [0.05, 0.1) is 11.0 Å². The second kappa shape index (κ2) is 6.40. The Kier molecular flexibility index (Phi) is 3.95. The van der Waals surface area contributed by atoms with Gasteiger partial charge in [0.25, 0.3) is 0 Å². The van der Waals surface area contributed by atoms with Gasteiger partial charge >= 0.3 is 8.60 Å². The standard InChI is InChI=1S/C18H13N2O3P/c21-24(22-17-11-9-13-5-1-3-7-15(13)19-17)23-18-12-10-14-6-2-4-8-16(14)20-18/h1-12,21H. The SMILES string of the molecule is OP(Oc1ccc2ccccc2n1)Oc1ccc2ccccc2n1. The van der Waals surface area contributed by atoms with E-state index in [2.05, 4.69) is 9.97 Å². The van der Waals surface area contributed by atoms with E-state index in [0.29, 0.717) is 11.8 Å². The van der Waals surface area contributed by atoms with Crippen molar-refractivity contribution in [3.05, 3.63) is 72.8 Å². The number of hydrogen-bond acceptors (Lipinski definition) is 5. The Labute approximate surface area is 139 Å². The molecule has 0 saturated carbocycles. The molecular formula is C18H13N2O3P. The molecule has 1 N–H and O–H groups in total. The molecule has 2 aromatic heterocycles. The molecule has 4 aromatic rings. The largest absolute Gasteiger partial charge is 0.462 e. The minimum absolute atomic E-state index is 0.308. The van der Waals surface area contributed by atoms with E-state index in [-0.39, 0.29) is 0 Å². The van der Waals surface area contributed by atoms with E-state index < -0.39 is 8.60 Å². The van der Waals surface area contributed by atoms with Crippen molar-refractivity contribution in [2.45, 2.75) is 0 Å². The van der Waals surface area contributed by atoms with Gasteiger partial charge in [0, 0.05) is 22.9 Å². The van der Waals surface area contributed by atoms with Crippen molar-refractivity contribution in [1.29, 1.82) is 0 Å². The molecular weight excluding hydrogens is 323 g/mol. The monoisotopic (exact) mass is 336 g/mol. The number of rotatable bonds is 4. The van der Waals surface area contributed by atoms with Crippen LogP contribution in [0.3, 0.4) is 0 Å². The molecule has 0 unspecified atom stereocenters. The van der Waals surface area contributed by atoms with Crippen LogP contribution in [0.25, 0.3) is 21.8 Å². The highest BCUT2D eigenvalue weighted by atomic mass is 31.2. The zero-order chi connectivity index (χ0) is 16.4. The van der Waals surface area contributed by atoms with Crippen molar-refractivity contribution < 1.29 is 13.9 Å². The van der Waals surface area contributed by atoms with Crippen LogP contribution in [0.2, 0.25) is 0 Å². The maximum absolute atomic E-state index is 10.0. The number of aromatic nitrogens is 2. The summed E-state index contributed by atoms with van der Waals surface area (Å²) >= 11 is 0. The lowest BCUT2D eigenvalue weighted by atomic mass is 10.2. The molecule has 0 aliphatic carbocycles. The smallest absolute Gasteiger partial charge is 0.399 e. The third-order valence-corrected chi connectivity index (χ3v) is 4.18. The summed E-state index contributed by atoms with van der Waals surface area (Å²) in [5.74, 6) is 0.617. The van der Waals surface area contributed by atoms with Crippen LogP contribution in [0.1, 0.15) is 0 Å². The predicted molar refractivity (Wildman–Crippen MR) is 93.9 cm³/mol. The zero-order valence-corrected chi connectivity index (χ0v) is 13.4. The second-order valence-corrected chi connectivity index (χ2v) is 5.95. The Morgan fingerprint density at radius 2 is 1.08 bits per heavy atom. The Bertz CT molecular complexity index is 928. The van der Waals surface area contributed by atoms with E-state index in [4.69, 9.17) is 9.05 Å². The fourth-order valence-corrected chi connectivity index (χ4v) is 2.94. The third kappa shape index (κ3) is 3.13. The molecule has 2 aromatic carbocycles. The van der Waals surface area contributed by atoms with Crippen molar-refractivity contribution in [2.75, 3.05) is 0 Å². The normalized spacial score (nSPS) is 11.1. The number of fused-ring (bicyclic) bond motifs is 2. The summed E-state index contributed by atoms with van der Waals surface area (Å²) < 4.78 is 10.8. The lowest BCUT2D eigenvalue weighted by molar-refractivity contribution is 0.371. The summed E-state index contributed by atoms with van der Waals surface area (Å²) in [6.45, 7) is 0. The van der Waals surface area contributed by atoms with E-state index in [9.17, 15) is 4.89 Å². The number of nitrogens with zero attached hydrogens (tertiary/aromatic N) is 2. The maximum atomic E-state index is 10.0. The fraction of sp³-hybridized carbons (Fsp3) is 0. The van der Waals surface area contributed by atoms with Gasteiger partial charge in [0.1, 0.15) is 0 Å². The number of benzene rings is 2. The van der Waals surface area contributed by atoms with Gasteiger partial charge < -0.3 is 13.9 Å². The Morgan fingerprint density at radius 1 is 0.625 bits per heavy atom. The van der Waals surface area contributed by atoms with Gasteiger partial charge in [-0.3, -0.25) is 0 Å². The van der Waals surface area contributed by atoms with Crippen LogP contribution in [-0.4, -0.2) is 14.9 Å². The maximum Gasteiger partial charge on any atom is 0.462 e. The Hall–Kier alpha value is -2.75. The quantitative estimate of drug-likeness (QED) is 0.557. The average molecular weight is 336 g/mol. The van der Waals surface area contributed by atoms with Gasteiger partial charge in [0.15, 0.2) is 0 Å². The van der Waals surface area contributed by atoms with Crippen molar-refractivity contribution in [2.24, 2.45) is 0 Å². The molecule has 0 amide bonds. The lowest BCUT2D eigenvalue weighted by Gasteiger charge is -2.11. The molecule has 0 saturated heterocycles. The molecule has 0 fully saturated rings.